The largest absolute Gasteiger partial charge is 0.454 e. The van der Waals surface area contributed by atoms with Gasteiger partial charge in [0.2, 0.25) is 18.6 Å². The lowest BCUT2D eigenvalue weighted by Crippen LogP contribution is -2.53. The molecule has 0 fully saturated rings. The molecule has 0 radical (unpaired) electrons. The van der Waals surface area contributed by atoms with Gasteiger partial charge in [-0.15, -0.1) is 0 Å². The first kappa shape index (κ1) is 22.7. The molecule has 2 aromatic carbocycles. The van der Waals surface area contributed by atoms with E-state index in [1.807, 2.05) is 76.2 Å². The standard InChI is InChI=1S/C25H32N2O4/c1-5-20(24(29)26-25(2,3)4)27(16-19-9-7-6-8-10-19)23(28)14-12-18-11-13-21-22(15-18)31-17-30-21/h6-11,13,15,20H,5,12,14,16-17H2,1-4H3,(H,26,29)/t20-/m1/s1. The number of aryl methyl sites for hydroxylation is 1. The number of rotatable bonds is 8. The van der Waals surface area contributed by atoms with Gasteiger partial charge in [-0.3, -0.25) is 9.59 Å². The number of carbonyl (C=O) groups excluding carboxylic acids is 2. The minimum absolute atomic E-state index is 0.0440. The number of amides is 2. The van der Waals surface area contributed by atoms with Crippen LogP contribution in [0.3, 0.4) is 0 Å². The van der Waals surface area contributed by atoms with Crippen molar-refractivity contribution in [3.8, 4) is 11.5 Å². The number of nitrogens with one attached hydrogen (secondary N) is 1. The lowest BCUT2D eigenvalue weighted by Gasteiger charge is -2.33. The van der Waals surface area contributed by atoms with Crippen molar-refractivity contribution in [2.45, 2.75) is 65.1 Å². The minimum Gasteiger partial charge on any atom is -0.454 e. The van der Waals surface area contributed by atoms with Gasteiger partial charge in [0.1, 0.15) is 6.04 Å². The summed E-state index contributed by atoms with van der Waals surface area (Å²) in [7, 11) is 0. The predicted molar refractivity (Wildman–Crippen MR) is 120 cm³/mol. The number of fused-ring (bicyclic) bond motifs is 1. The monoisotopic (exact) mass is 424 g/mol. The molecule has 0 spiro atoms. The Kier molecular flexibility index (Phi) is 7.21. The third-order valence-corrected chi connectivity index (χ3v) is 5.14. The highest BCUT2D eigenvalue weighted by atomic mass is 16.7. The van der Waals surface area contributed by atoms with E-state index in [2.05, 4.69) is 5.32 Å². The van der Waals surface area contributed by atoms with Gasteiger partial charge in [-0.1, -0.05) is 43.3 Å². The van der Waals surface area contributed by atoms with Crippen LogP contribution in [0.4, 0.5) is 0 Å². The fourth-order valence-corrected chi connectivity index (χ4v) is 3.64. The van der Waals surface area contributed by atoms with Crippen molar-refractivity contribution in [3.05, 3.63) is 59.7 Å². The SMILES string of the molecule is CC[C@H](C(=O)NC(C)(C)C)N(Cc1ccccc1)C(=O)CCc1ccc2c(c1)OCO2. The molecule has 6 nitrogen and oxygen atoms in total. The molecule has 1 heterocycles. The van der Waals surface area contributed by atoms with Gasteiger partial charge in [-0.2, -0.15) is 0 Å². The third-order valence-electron chi connectivity index (χ3n) is 5.14. The molecule has 1 atom stereocenters. The zero-order chi connectivity index (χ0) is 22.4. The normalized spacial score (nSPS) is 13.5. The Morgan fingerprint density at radius 1 is 1.03 bits per heavy atom. The molecule has 1 N–H and O–H groups in total. The first-order valence-electron chi connectivity index (χ1n) is 10.8. The van der Waals surface area contributed by atoms with Crippen molar-refractivity contribution in [3.63, 3.8) is 0 Å². The maximum atomic E-state index is 13.3. The number of nitrogens with zero attached hydrogens (tertiary/aromatic N) is 1. The Hall–Kier alpha value is -3.02. The summed E-state index contributed by atoms with van der Waals surface area (Å²) in [4.78, 5) is 28.0. The first-order chi connectivity index (χ1) is 14.8. The summed E-state index contributed by atoms with van der Waals surface area (Å²) in [5.74, 6) is 1.27. The topological polar surface area (TPSA) is 67.9 Å². The van der Waals surface area contributed by atoms with Crippen molar-refractivity contribution < 1.29 is 19.1 Å². The Balaban J connectivity index is 1.75. The molecular formula is C25H32N2O4. The second kappa shape index (κ2) is 9.86. The summed E-state index contributed by atoms with van der Waals surface area (Å²) in [6, 6.07) is 15.0. The number of hydrogen-bond acceptors (Lipinski definition) is 4. The van der Waals surface area contributed by atoms with Crippen molar-refractivity contribution in [1.29, 1.82) is 0 Å². The van der Waals surface area contributed by atoms with Gasteiger partial charge < -0.3 is 19.7 Å². The van der Waals surface area contributed by atoms with E-state index >= 15 is 0 Å². The van der Waals surface area contributed by atoms with Crippen LogP contribution in [0.5, 0.6) is 11.5 Å². The number of carbonyl (C=O) groups is 2. The Morgan fingerprint density at radius 2 is 1.74 bits per heavy atom. The van der Waals surface area contributed by atoms with E-state index in [-0.39, 0.29) is 24.1 Å². The molecule has 6 heteroatoms. The quantitative estimate of drug-likeness (QED) is 0.694. The molecule has 0 saturated carbocycles. The maximum absolute atomic E-state index is 13.3. The summed E-state index contributed by atoms with van der Waals surface area (Å²) in [5, 5.41) is 3.03. The van der Waals surface area contributed by atoms with E-state index in [4.69, 9.17) is 9.47 Å². The number of hydrogen-bond donors (Lipinski definition) is 1. The fraction of sp³-hybridized carbons (Fsp3) is 0.440. The van der Waals surface area contributed by atoms with E-state index < -0.39 is 6.04 Å². The molecule has 0 saturated heterocycles. The fourth-order valence-electron chi connectivity index (χ4n) is 3.64. The van der Waals surface area contributed by atoms with Gasteiger partial charge in [0.05, 0.1) is 0 Å². The molecule has 1 aliphatic rings. The molecule has 0 unspecified atom stereocenters. The van der Waals surface area contributed by atoms with E-state index in [0.29, 0.717) is 31.6 Å². The molecule has 166 valence electrons. The highest BCUT2D eigenvalue weighted by Gasteiger charge is 2.30. The highest BCUT2D eigenvalue weighted by Crippen LogP contribution is 2.32. The van der Waals surface area contributed by atoms with Crippen molar-refractivity contribution in [2.75, 3.05) is 6.79 Å². The third kappa shape index (κ3) is 6.23. The summed E-state index contributed by atoms with van der Waals surface area (Å²) in [5.41, 5.74) is 1.64. The number of benzene rings is 2. The minimum atomic E-state index is -0.524. The maximum Gasteiger partial charge on any atom is 0.243 e. The van der Waals surface area contributed by atoms with Crippen LogP contribution in [0.1, 0.15) is 51.7 Å². The lowest BCUT2D eigenvalue weighted by atomic mass is 10.0. The first-order valence-corrected chi connectivity index (χ1v) is 10.8. The second-order valence-corrected chi connectivity index (χ2v) is 8.86. The zero-order valence-electron chi connectivity index (χ0n) is 18.8. The van der Waals surface area contributed by atoms with Gasteiger partial charge in [0.25, 0.3) is 0 Å². The summed E-state index contributed by atoms with van der Waals surface area (Å²) in [6.07, 6.45) is 1.42. The van der Waals surface area contributed by atoms with E-state index in [0.717, 1.165) is 16.9 Å². The van der Waals surface area contributed by atoms with Crippen LogP contribution in [0.15, 0.2) is 48.5 Å². The summed E-state index contributed by atoms with van der Waals surface area (Å²) >= 11 is 0. The Morgan fingerprint density at radius 3 is 2.42 bits per heavy atom. The average molecular weight is 425 g/mol. The van der Waals surface area contributed by atoms with Crippen LogP contribution in [0.25, 0.3) is 0 Å². The molecule has 0 aliphatic carbocycles. The van der Waals surface area contributed by atoms with Crippen molar-refractivity contribution in [1.82, 2.24) is 10.2 Å². The van der Waals surface area contributed by atoms with Gasteiger partial charge in [-0.05, 0) is 56.9 Å². The summed E-state index contributed by atoms with van der Waals surface area (Å²) in [6.45, 7) is 8.40. The molecule has 2 aromatic rings. The second-order valence-electron chi connectivity index (χ2n) is 8.86. The molecular weight excluding hydrogens is 392 g/mol. The van der Waals surface area contributed by atoms with Crippen LogP contribution >= 0.6 is 0 Å². The van der Waals surface area contributed by atoms with Crippen LogP contribution in [-0.4, -0.2) is 35.1 Å². The smallest absolute Gasteiger partial charge is 0.243 e. The van der Waals surface area contributed by atoms with Gasteiger partial charge in [0.15, 0.2) is 11.5 Å². The Labute approximate surface area is 184 Å². The van der Waals surface area contributed by atoms with Crippen LogP contribution < -0.4 is 14.8 Å². The molecule has 0 aromatic heterocycles. The van der Waals surface area contributed by atoms with Gasteiger partial charge in [-0.25, -0.2) is 0 Å². The highest BCUT2D eigenvalue weighted by molar-refractivity contribution is 5.88. The average Bonchev–Trinajstić information content (AvgIpc) is 3.19. The van der Waals surface area contributed by atoms with Crippen LogP contribution in [0, 0.1) is 0 Å². The molecule has 0 bridgehead atoms. The van der Waals surface area contributed by atoms with Crippen molar-refractivity contribution in [2.24, 2.45) is 0 Å². The van der Waals surface area contributed by atoms with Crippen molar-refractivity contribution >= 4 is 11.8 Å². The van der Waals surface area contributed by atoms with Gasteiger partial charge in [0, 0.05) is 18.5 Å². The predicted octanol–water partition coefficient (Wildman–Crippen LogP) is 4.07. The Bertz CT molecular complexity index is 905. The van der Waals surface area contributed by atoms with E-state index in [9.17, 15) is 9.59 Å². The molecule has 1 aliphatic heterocycles. The number of ether oxygens (including phenoxy) is 2. The lowest BCUT2D eigenvalue weighted by molar-refractivity contribution is -0.142. The zero-order valence-corrected chi connectivity index (χ0v) is 18.8. The summed E-state index contributed by atoms with van der Waals surface area (Å²) < 4.78 is 10.8. The molecule has 31 heavy (non-hydrogen) atoms. The molecule has 2 amide bonds. The van der Waals surface area contributed by atoms with E-state index in [1.165, 1.54) is 0 Å². The van der Waals surface area contributed by atoms with Gasteiger partial charge >= 0.3 is 0 Å². The van der Waals surface area contributed by atoms with Crippen LogP contribution in [0.2, 0.25) is 0 Å². The molecule has 3 rings (SSSR count). The van der Waals surface area contributed by atoms with E-state index in [1.54, 1.807) is 4.90 Å². The van der Waals surface area contributed by atoms with Crippen LogP contribution in [-0.2, 0) is 22.6 Å².